The number of nitrogens with one attached hydrogen (secondary N) is 1. The van der Waals surface area contributed by atoms with Crippen LogP contribution in [-0.4, -0.2) is 36.2 Å². The molecule has 6 nitrogen and oxygen atoms in total. The number of aryl methyl sites for hydroxylation is 1. The second-order valence-corrected chi connectivity index (χ2v) is 5.90. The topological polar surface area (TPSA) is 84.9 Å². The maximum absolute atomic E-state index is 12.3. The smallest absolute Gasteiger partial charge is 0.331 e. The van der Waals surface area contributed by atoms with E-state index in [1.54, 1.807) is 43.3 Å². The Morgan fingerprint density at radius 1 is 1.04 bits per heavy atom. The molecular formula is C21H25NO5. The van der Waals surface area contributed by atoms with Crippen molar-refractivity contribution in [2.45, 2.75) is 32.4 Å². The molecule has 2 aromatic carbocycles. The molecule has 144 valence electrons. The van der Waals surface area contributed by atoms with E-state index in [0.29, 0.717) is 11.3 Å². The maximum atomic E-state index is 12.3. The third kappa shape index (κ3) is 5.82. The second-order valence-electron chi connectivity index (χ2n) is 5.90. The molecule has 6 heteroatoms. The van der Waals surface area contributed by atoms with Crippen LogP contribution in [0.4, 0.5) is 0 Å². The number of hydrogen-bond acceptors (Lipinski definition) is 5. The number of rotatable bonds is 9. The predicted octanol–water partition coefficient (Wildman–Crippen LogP) is 2.41. The van der Waals surface area contributed by atoms with Crippen molar-refractivity contribution in [3.8, 4) is 5.75 Å². The number of esters is 1. The fourth-order valence-corrected chi connectivity index (χ4v) is 2.64. The zero-order valence-corrected chi connectivity index (χ0v) is 15.6. The van der Waals surface area contributed by atoms with Gasteiger partial charge in [-0.05, 0) is 30.5 Å². The molecule has 0 aliphatic rings. The van der Waals surface area contributed by atoms with Gasteiger partial charge in [0.15, 0.2) is 12.6 Å². The summed E-state index contributed by atoms with van der Waals surface area (Å²) in [5.74, 6) is -0.600. The molecule has 2 N–H and O–H groups in total. The van der Waals surface area contributed by atoms with Crippen molar-refractivity contribution in [2.24, 2.45) is 0 Å². The summed E-state index contributed by atoms with van der Waals surface area (Å²) in [5, 5.41) is 13.1. The van der Waals surface area contributed by atoms with Gasteiger partial charge in [-0.3, -0.25) is 4.79 Å². The fraction of sp³-hybridized carbons (Fsp3) is 0.333. The number of hydrogen-bond donors (Lipinski definition) is 2. The highest BCUT2D eigenvalue weighted by atomic mass is 16.5. The maximum Gasteiger partial charge on any atom is 0.331 e. The van der Waals surface area contributed by atoms with Crippen molar-refractivity contribution in [3.05, 3.63) is 65.7 Å². The van der Waals surface area contributed by atoms with Crippen LogP contribution in [0.5, 0.6) is 5.75 Å². The lowest BCUT2D eigenvalue weighted by Crippen LogP contribution is -2.47. The molecule has 0 radical (unpaired) electrons. The van der Waals surface area contributed by atoms with E-state index >= 15 is 0 Å². The predicted molar refractivity (Wildman–Crippen MR) is 101 cm³/mol. The van der Waals surface area contributed by atoms with Crippen molar-refractivity contribution in [1.82, 2.24) is 5.32 Å². The van der Waals surface area contributed by atoms with Crippen LogP contribution in [0.25, 0.3) is 0 Å². The van der Waals surface area contributed by atoms with E-state index in [1.807, 2.05) is 25.1 Å². The van der Waals surface area contributed by atoms with Gasteiger partial charge in [0.1, 0.15) is 11.9 Å². The van der Waals surface area contributed by atoms with E-state index in [2.05, 4.69) is 5.32 Å². The summed E-state index contributed by atoms with van der Waals surface area (Å²) < 4.78 is 10.6. The molecule has 0 spiro atoms. The average Bonchev–Trinajstić information content (AvgIpc) is 2.71. The molecule has 0 heterocycles. The van der Waals surface area contributed by atoms with Gasteiger partial charge in [0.25, 0.3) is 5.91 Å². The summed E-state index contributed by atoms with van der Waals surface area (Å²) in [5.41, 5.74) is 1.49. The summed E-state index contributed by atoms with van der Waals surface area (Å²) in [7, 11) is 0. The summed E-state index contributed by atoms with van der Waals surface area (Å²) in [6.07, 6.45) is -0.451. The van der Waals surface area contributed by atoms with Crippen molar-refractivity contribution in [1.29, 1.82) is 0 Å². The van der Waals surface area contributed by atoms with E-state index in [0.717, 1.165) is 12.0 Å². The molecule has 0 aliphatic carbocycles. The van der Waals surface area contributed by atoms with Crippen LogP contribution in [0.3, 0.4) is 0 Å². The van der Waals surface area contributed by atoms with Gasteiger partial charge in [-0.15, -0.1) is 0 Å². The quantitative estimate of drug-likeness (QED) is 0.661. The van der Waals surface area contributed by atoms with Gasteiger partial charge in [-0.25, -0.2) is 4.79 Å². The zero-order valence-electron chi connectivity index (χ0n) is 15.6. The Kier molecular flexibility index (Phi) is 7.82. The second kappa shape index (κ2) is 10.3. The van der Waals surface area contributed by atoms with Crippen molar-refractivity contribution in [2.75, 3.05) is 13.2 Å². The van der Waals surface area contributed by atoms with Gasteiger partial charge in [0.05, 0.1) is 6.61 Å². The first-order valence-corrected chi connectivity index (χ1v) is 8.96. The minimum atomic E-state index is -1.22. The minimum Gasteiger partial charge on any atom is -0.483 e. The molecule has 0 fully saturated rings. The summed E-state index contributed by atoms with van der Waals surface area (Å²) in [4.78, 5) is 24.5. The molecule has 0 aliphatic heterocycles. The van der Waals surface area contributed by atoms with Gasteiger partial charge in [-0.2, -0.15) is 0 Å². The molecule has 0 bridgehead atoms. The minimum absolute atomic E-state index is 0.146. The van der Waals surface area contributed by atoms with Gasteiger partial charge >= 0.3 is 5.97 Å². The Morgan fingerprint density at radius 3 is 2.37 bits per heavy atom. The first kappa shape index (κ1) is 20.5. The van der Waals surface area contributed by atoms with Gasteiger partial charge in [0.2, 0.25) is 0 Å². The zero-order chi connectivity index (χ0) is 19.6. The van der Waals surface area contributed by atoms with Crippen LogP contribution < -0.4 is 10.1 Å². The number of aliphatic hydroxyl groups is 1. The van der Waals surface area contributed by atoms with Gasteiger partial charge < -0.3 is 19.9 Å². The standard InChI is InChI=1S/C21H25NO5/c1-3-15-10-8-9-13-17(15)27-14-18(23)22-19(21(25)26-4-2)20(24)16-11-6-5-7-12-16/h5-13,19-20,24H,3-4,14H2,1-2H3,(H,22,23). The average molecular weight is 371 g/mol. The Morgan fingerprint density at radius 2 is 1.70 bits per heavy atom. The monoisotopic (exact) mass is 371 g/mol. The summed E-state index contributed by atoms with van der Waals surface area (Å²) in [6.45, 7) is 3.53. The Balaban J connectivity index is 2.05. The van der Waals surface area contributed by atoms with Crippen LogP contribution in [0, 0.1) is 0 Å². The van der Waals surface area contributed by atoms with E-state index < -0.39 is 24.0 Å². The summed E-state index contributed by atoms with van der Waals surface area (Å²) >= 11 is 0. The largest absolute Gasteiger partial charge is 0.483 e. The number of carbonyl (C=O) groups is 2. The molecule has 2 rings (SSSR count). The molecular weight excluding hydrogens is 346 g/mol. The van der Waals surface area contributed by atoms with Crippen LogP contribution >= 0.6 is 0 Å². The molecule has 0 aromatic heterocycles. The van der Waals surface area contributed by atoms with Crippen molar-refractivity contribution >= 4 is 11.9 Å². The number of carbonyl (C=O) groups excluding carboxylic acids is 2. The SMILES string of the molecule is CCOC(=O)C(NC(=O)COc1ccccc1CC)C(O)c1ccccc1. The molecule has 2 aromatic rings. The molecule has 0 saturated carbocycles. The lowest BCUT2D eigenvalue weighted by atomic mass is 10.0. The normalized spacial score (nSPS) is 12.7. The molecule has 1 amide bonds. The number of amides is 1. The van der Waals surface area contributed by atoms with E-state index in [4.69, 9.17) is 9.47 Å². The van der Waals surface area contributed by atoms with E-state index in [-0.39, 0.29) is 13.2 Å². The van der Waals surface area contributed by atoms with Crippen molar-refractivity contribution < 1.29 is 24.2 Å². The lowest BCUT2D eigenvalue weighted by Gasteiger charge is -2.23. The number of ether oxygens (including phenoxy) is 2. The van der Waals surface area contributed by atoms with Crippen LogP contribution in [0.2, 0.25) is 0 Å². The van der Waals surface area contributed by atoms with Crippen LogP contribution in [0.15, 0.2) is 54.6 Å². The van der Waals surface area contributed by atoms with Crippen LogP contribution in [-0.2, 0) is 20.7 Å². The fourth-order valence-electron chi connectivity index (χ4n) is 2.64. The van der Waals surface area contributed by atoms with Gasteiger partial charge in [0, 0.05) is 0 Å². The molecule has 0 saturated heterocycles. The third-order valence-corrected chi connectivity index (χ3v) is 4.03. The van der Waals surface area contributed by atoms with Crippen LogP contribution in [0.1, 0.15) is 31.1 Å². The Labute approximate surface area is 159 Å². The Bertz CT molecular complexity index is 747. The number of benzene rings is 2. The molecule has 27 heavy (non-hydrogen) atoms. The lowest BCUT2D eigenvalue weighted by molar-refractivity contribution is -0.151. The van der Waals surface area contributed by atoms with Gasteiger partial charge in [-0.1, -0.05) is 55.5 Å². The first-order valence-electron chi connectivity index (χ1n) is 8.96. The number of aliphatic hydroxyl groups excluding tert-OH is 1. The highest BCUT2D eigenvalue weighted by Gasteiger charge is 2.31. The summed E-state index contributed by atoms with van der Waals surface area (Å²) in [6, 6.07) is 14.9. The highest BCUT2D eigenvalue weighted by molar-refractivity contribution is 5.85. The first-order chi connectivity index (χ1) is 13.1. The van der Waals surface area contributed by atoms with E-state index in [1.165, 1.54) is 0 Å². The number of para-hydroxylation sites is 1. The molecule has 2 atom stereocenters. The van der Waals surface area contributed by atoms with Crippen molar-refractivity contribution in [3.63, 3.8) is 0 Å². The molecule has 2 unspecified atom stereocenters. The third-order valence-electron chi connectivity index (χ3n) is 4.03. The highest BCUT2D eigenvalue weighted by Crippen LogP contribution is 2.19. The Hall–Kier alpha value is -2.86. The van der Waals surface area contributed by atoms with E-state index in [9.17, 15) is 14.7 Å².